The van der Waals surface area contributed by atoms with E-state index >= 15 is 0 Å². The molecule has 0 amide bonds. The molecule has 0 atom stereocenters. The van der Waals surface area contributed by atoms with Gasteiger partial charge in [-0.2, -0.15) is 12.3 Å². The van der Waals surface area contributed by atoms with Crippen LogP contribution < -0.4 is 18.9 Å². The summed E-state index contributed by atoms with van der Waals surface area (Å²) in [6, 6.07) is 1.97. The van der Waals surface area contributed by atoms with Crippen molar-refractivity contribution in [3.63, 3.8) is 0 Å². The van der Waals surface area contributed by atoms with E-state index in [1.807, 2.05) is 6.07 Å². The Kier molecular flexibility index (Phi) is 13.6. The van der Waals surface area contributed by atoms with E-state index in [2.05, 4.69) is 5.32 Å². The van der Waals surface area contributed by atoms with Crippen molar-refractivity contribution in [2.24, 2.45) is 0 Å². The largest absolute Gasteiger partial charge is 1.00 e. The summed E-state index contributed by atoms with van der Waals surface area (Å²) in [6.07, 6.45) is 0.552. The molecule has 0 fully saturated rings. The van der Waals surface area contributed by atoms with Crippen LogP contribution in [0, 0.1) is 11.3 Å². The number of nitrogens with zero attached hydrogens (tertiary/aromatic N) is 2. The zero-order valence-corrected chi connectivity index (χ0v) is 4.81. The zero-order valence-electron chi connectivity index (χ0n) is 4.81. The Balaban J connectivity index is 0. The maximum Gasteiger partial charge on any atom is 1.00 e. The van der Waals surface area contributed by atoms with Crippen molar-refractivity contribution < 1.29 is 18.9 Å². The molecular formula is C4H7LiN2. The first-order valence-corrected chi connectivity index (χ1v) is 1.84. The molecule has 0 radical (unpaired) electrons. The summed E-state index contributed by atoms with van der Waals surface area (Å²) in [5.74, 6) is 0. The maximum absolute atomic E-state index is 7.89. The minimum atomic E-state index is 0. The molecule has 0 spiro atoms. The first-order chi connectivity index (χ1) is 2.91. The van der Waals surface area contributed by atoms with Crippen LogP contribution in [0.1, 0.15) is 6.42 Å². The normalized spacial score (nSPS) is 6.29. The van der Waals surface area contributed by atoms with Crippen molar-refractivity contribution in [2.75, 3.05) is 13.6 Å². The average molecular weight is 90.1 g/mol. The van der Waals surface area contributed by atoms with Crippen LogP contribution in [0.3, 0.4) is 0 Å². The van der Waals surface area contributed by atoms with Crippen LogP contribution in [0.5, 0.6) is 0 Å². The van der Waals surface area contributed by atoms with Gasteiger partial charge < -0.3 is 5.32 Å². The van der Waals surface area contributed by atoms with E-state index in [1.165, 1.54) is 0 Å². The molecule has 0 N–H and O–H groups in total. The first kappa shape index (κ1) is 10.1. The van der Waals surface area contributed by atoms with Crippen LogP contribution in [0.2, 0.25) is 0 Å². The van der Waals surface area contributed by atoms with Crippen molar-refractivity contribution >= 4 is 0 Å². The molecule has 7 heavy (non-hydrogen) atoms. The van der Waals surface area contributed by atoms with Gasteiger partial charge in [0.05, 0.1) is 6.07 Å². The quantitative estimate of drug-likeness (QED) is 0.283. The Labute approximate surface area is 56.1 Å². The van der Waals surface area contributed by atoms with Crippen molar-refractivity contribution in [1.82, 2.24) is 0 Å². The molecule has 0 rings (SSSR count). The Bertz CT molecular complexity index is 57.2. The smallest absolute Gasteiger partial charge is 0.664 e. The van der Waals surface area contributed by atoms with Crippen LogP contribution in [-0.2, 0) is 0 Å². The Morgan fingerprint density at radius 2 is 2.29 bits per heavy atom. The summed E-state index contributed by atoms with van der Waals surface area (Å²) in [7, 11) is 1.71. The molecular weight excluding hydrogens is 83.0 g/mol. The third-order valence-electron chi connectivity index (χ3n) is 0.447. The van der Waals surface area contributed by atoms with Crippen molar-refractivity contribution in [3.8, 4) is 6.07 Å². The van der Waals surface area contributed by atoms with Gasteiger partial charge in [0.15, 0.2) is 0 Å². The fraction of sp³-hybridized carbons (Fsp3) is 0.750. The second-order valence-electron chi connectivity index (χ2n) is 0.948. The van der Waals surface area contributed by atoms with E-state index in [1.54, 1.807) is 7.05 Å². The molecule has 0 heterocycles. The topological polar surface area (TPSA) is 37.9 Å². The minimum Gasteiger partial charge on any atom is -0.664 e. The summed E-state index contributed by atoms with van der Waals surface area (Å²) in [6.45, 7) is 0.677. The van der Waals surface area contributed by atoms with Crippen LogP contribution >= 0.6 is 0 Å². The minimum absolute atomic E-state index is 0. The Hall–Kier alpha value is 0.0474. The Morgan fingerprint density at radius 1 is 1.71 bits per heavy atom. The molecule has 0 aliphatic rings. The zero-order chi connectivity index (χ0) is 4.83. The fourth-order valence-corrected chi connectivity index (χ4v) is 0.162. The van der Waals surface area contributed by atoms with Gasteiger partial charge >= 0.3 is 18.9 Å². The number of rotatable bonds is 2. The van der Waals surface area contributed by atoms with E-state index < -0.39 is 0 Å². The van der Waals surface area contributed by atoms with Gasteiger partial charge in [-0.15, -0.1) is 6.54 Å². The predicted octanol–water partition coefficient (Wildman–Crippen LogP) is -2.09. The molecule has 0 unspecified atom stereocenters. The van der Waals surface area contributed by atoms with Crippen molar-refractivity contribution in [1.29, 1.82) is 5.26 Å². The number of hydrogen-bond acceptors (Lipinski definition) is 1. The molecule has 0 aromatic carbocycles. The second kappa shape index (κ2) is 9.40. The first-order valence-electron chi connectivity index (χ1n) is 1.84. The molecule has 2 nitrogen and oxygen atoms in total. The van der Waals surface area contributed by atoms with Crippen LogP contribution in [0.15, 0.2) is 0 Å². The number of hydrogen-bond donors (Lipinski definition) is 0. The summed E-state index contributed by atoms with van der Waals surface area (Å²) < 4.78 is 0. The van der Waals surface area contributed by atoms with Crippen LogP contribution in [0.4, 0.5) is 0 Å². The molecule has 0 bridgehead atoms. The Morgan fingerprint density at radius 3 is 2.43 bits per heavy atom. The van der Waals surface area contributed by atoms with E-state index in [9.17, 15) is 0 Å². The fourth-order valence-electron chi connectivity index (χ4n) is 0.162. The van der Waals surface area contributed by atoms with Gasteiger partial charge in [0, 0.05) is 6.42 Å². The van der Waals surface area contributed by atoms with Crippen molar-refractivity contribution in [2.45, 2.75) is 6.42 Å². The molecule has 0 saturated carbocycles. The predicted molar refractivity (Wildman–Crippen MR) is 24.4 cm³/mol. The molecule has 0 aliphatic heterocycles. The van der Waals surface area contributed by atoms with Gasteiger partial charge in [0.25, 0.3) is 0 Å². The molecule has 34 valence electrons. The molecule has 0 aliphatic carbocycles. The van der Waals surface area contributed by atoms with Crippen LogP contribution in [0.25, 0.3) is 5.32 Å². The molecule has 3 heteroatoms. The van der Waals surface area contributed by atoms with Crippen molar-refractivity contribution in [3.05, 3.63) is 5.32 Å². The standard InChI is InChI=1S/C4H7N2.Li/c1-6-4-2-3-5;/h2,4H2,1H3;/q-1;+1. The average Bonchev–Trinajstić information content (AvgIpc) is 1.61. The number of nitriles is 1. The third-order valence-corrected chi connectivity index (χ3v) is 0.447. The SMILES string of the molecule is C[N-]CCC#N.[Li+]. The van der Waals surface area contributed by atoms with E-state index in [0.717, 1.165) is 0 Å². The summed E-state index contributed by atoms with van der Waals surface area (Å²) in [5.41, 5.74) is 0. The monoisotopic (exact) mass is 90.1 g/mol. The van der Waals surface area contributed by atoms with Gasteiger partial charge in [-0.1, -0.05) is 0 Å². The van der Waals surface area contributed by atoms with Gasteiger partial charge in [0.1, 0.15) is 0 Å². The van der Waals surface area contributed by atoms with E-state index in [-0.39, 0.29) is 18.9 Å². The molecule has 0 saturated heterocycles. The van der Waals surface area contributed by atoms with Gasteiger partial charge in [-0.05, 0) is 0 Å². The van der Waals surface area contributed by atoms with Gasteiger partial charge in [-0.3, -0.25) is 0 Å². The van der Waals surface area contributed by atoms with Gasteiger partial charge in [-0.25, -0.2) is 0 Å². The summed E-state index contributed by atoms with van der Waals surface area (Å²) >= 11 is 0. The summed E-state index contributed by atoms with van der Waals surface area (Å²) in [4.78, 5) is 0. The molecule has 0 aromatic heterocycles. The molecule has 0 aromatic rings. The van der Waals surface area contributed by atoms with Crippen LogP contribution in [-0.4, -0.2) is 13.6 Å². The van der Waals surface area contributed by atoms with Gasteiger partial charge in [0.2, 0.25) is 0 Å². The van der Waals surface area contributed by atoms with E-state index in [4.69, 9.17) is 5.26 Å². The second-order valence-corrected chi connectivity index (χ2v) is 0.948. The maximum atomic E-state index is 7.89. The van der Waals surface area contributed by atoms with E-state index in [0.29, 0.717) is 13.0 Å². The summed E-state index contributed by atoms with van der Waals surface area (Å²) in [5, 5.41) is 11.6. The third kappa shape index (κ3) is 10.7.